The third kappa shape index (κ3) is 3.14. The lowest BCUT2D eigenvalue weighted by atomic mass is 10.2. The molecule has 2 aromatic heterocycles. The van der Waals surface area contributed by atoms with Crippen molar-refractivity contribution in [2.75, 3.05) is 44.2 Å². The van der Waals surface area contributed by atoms with E-state index in [9.17, 15) is 9.59 Å². The molecule has 0 spiro atoms. The second kappa shape index (κ2) is 6.99. The molecular formula is C17H23N7O2. The van der Waals surface area contributed by atoms with Gasteiger partial charge in [0.2, 0.25) is 11.8 Å². The van der Waals surface area contributed by atoms with Crippen LogP contribution in [-0.2, 0) is 16.0 Å². The van der Waals surface area contributed by atoms with E-state index in [1.54, 1.807) is 4.52 Å². The third-order valence-corrected chi connectivity index (χ3v) is 5.14. The van der Waals surface area contributed by atoms with Crippen LogP contribution in [0.5, 0.6) is 0 Å². The summed E-state index contributed by atoms with van der Waals surface area (Å²) in [4.78, 5) is 38.1. The average Bonchev–Trinajstić information content (AvgIpc) is 3.26. The lowest BCUT2D eigenvalue weighted by molar-refractivity contribution is -0.138. The fourth-order valence-corrected chi connectivity index (χ4v) is 3.56. The molecule has 2 fully saturated rings. The zero-order chi connectivity index (χ0) is 18.1. The third-order valence-electron chi connectivity index (χ3n) is 5.14. The largest absolute Gasteiger partial charge is 0.354 e. The second-order valence-corrected chi connectivity index (χ2v) is 6.70. The molecule has 9 nitrogen and oxygen atoms in total. The standard InChI is InChI=1S/C17H23N7O2/c1-2-13-11-14(24-17(20-13)18-12-19-24)22-8-5-21(6-9-22)7-10-23-15(25)3-4-16(23)26/h11-12H,2-10H2,1H3. The van der Waals surface area contributed by atoms with Gasteiger partial charge in [0.05, 0.1) is 0 Å². The van der Waals surface area contributed by atoms with E-state index >= 15 is 0 Å². The lowest BCUT2D eigenvalue weighted by Crippen LogP contribution is -2.49. The normalized spacial score (nSPS) is 19.1. The van der Waals surface area contributed by atoms with Crippen LogP contribution in [0, 0.1) is 0 Å². The van der Waals surface area contributed by atoms with E-state index in [1.807, 2.05) is 0 Å². The monoisotopic (exact) mass is 357 g/mol. The topological polar surface area (TPSA) is 86.9 Å². The molecule has 4 rings (SSSR count). The summed E-state index contributed by atoms with van der Waals surface area (Å²) < 4.78 is 1.79. The summed E-state index contributed by atoms with van der Waals surface area (Å²) >= 11 is 0. The van der Waals surface area contributed by atoms with Crippen LogP contribution in [0.15, 0.2) is 12.4 Å². The van der Waals surface area contributed by atoms with Crippen LogP contribution >= 0.6 is 0 Å². The molecule has 0 bridgehead atoms. The summed E-state index contributed by atoms with van der Waals surface area (Å²) in [5, 5.41) is 4.30. The SMILES string of the molecule is CCc1cc(N2CCN(CCN3C(=O)CCC3=O)CC2)n2ncnc2n1. The number of anilines is 1. The first-order valence-electron chi connectivity index (χ1n) is 9.16. The quantitative estimate of drug-likeness (QED) is 0.694. The Bertz CT molecular complexity index is 810. The number of hydrogen-bond donors (Lipinski definition) is 0. The molecular weight excluding hydrogens is 334 g/mol. The van der Waals surface area contributed by atoms with Crippen LogP contribution in [0.3, 0.4) is 0 Å². The summed E-state index contributed by atoms with van der Waals surface area (Å²) in [6.07, 6.45) is 3.12. The van der Waals surface area contributed by atoms with Crippen LogP contribution in [0.4, 0.5) is 5.82 Å². The van der Waals surface area contributed by atoms with Gasteiger partial charge in [0.15, 0.2) is 0 Å². The number of rotatable bonds is 5. The highest BCUT2D eigenvalue weighted by molar-refractivity contribution is 6.01. The first-order chi connectivity index (χ1) is 12.7. The average molecular weight is 357 g/mol. The number of hydrogen-bond acceptors (Lipinski definition) is 7. The molecule has 9 heteroatoms. The minimum Gasteiger partial charge on any atom is -0.354 e. The zero-order valence-electron chi connectivity index (χ0n) is 15.0. The number of aromatic nitrogens is 4. The molecule has 2 saturated heterocycles. The number of nitrogens with zero attached hydrogens (tertiary/aromatic N) is 7. The van der Waals surface area contributed by atoms with Gasteiger partial charge in [0.1, 0.15) is 12.1 Å². The van der Waals surface area contributed by atoms with Gasteiger partial charge in [-0.15, -0.1) is 0 Å². The Morgan fingerprint density at radius 1 is 1.04 bits per heavy atom. The maximum absolute atomic E-state index is 11.7. The highest BCUT2D eigenvalue weighted by atomic mass is 16.2. The Morgan fingerprint density at radius 3 is 2.46 bits per heavy atom. The number of piperazine rings is 1. The number of carbonyl (C=O) groups is 2. The molecule has 0 aromatic carbocycles. The Labute approximate surface area is 151 Å². The molecule has 0 saturated carbocycles. The Kier molecular flexibility index (Phi) is 4.54. The van der Waals surface area contributed by atoms with Gasteiger partial charge in [-0.3, -0.25) is 19.4 Å². The summed E-state index contributed by atoms with van der Waals surface area (Å²) in [7, 11) is 0. The highest BCUT2D eigenvalue weighted by Gasteiger charge is 2.29. The molecule has 0 N–H and O–H groups in total. The van der Waals surface area contributed by atoms with Crippen molar-refractivity contribution in [1.29, 1.82) is 0 Å². The predicted octanol–water partition coefficient (Wildman–Crippen LogP) is -0.0423. The van der Waals surface area contributed by atoms with Crippen LogP contribution < -0.4 is 4.90 Å². The van der Waals surface area contributed by atoms with Crippen molar-refractivity contribution in [3.8, 4) is 0 Å². The second-order valence-electron chi connectivity index (χ2n) is 6.70. The molecule has 2 amide bonds. The molecule has 138 valence electrons. The van der Waals surface area contributed by atoms with Crippen molar-refractivity contribution in [1.82, 2.24) is 29.4 Å². The summed E-state index contributed by atoms with van der Waals surface area (Å²) in [6, 6.07) is 2.08. The molecule has 2 aromatic rings. The van der Waals surface area contributed by atoms with Crippen molar-refractivity contribution >= 4 is 23.4 Å². The molecule has 2 aliphatic rings. The maximum Gasteiger partial charge on any atom is 0.254 e. The van der Waals surface area contributed by atoms with Gasteiger partial charge < -0.3 is 4.90 Å². The Morgan fingerprint density at radius 2 is 1.77 bits per heavy atom. The van der Waals surface area contributed by atoms with Gasteiger partial charge in [0.25, 0.3) is 5.78 Å². The van der Waals surface area contributed by atoms with Crippen LogP contribution in [0.25, 0.3) is 5.78 Å². The first kappa shape index (κ1) is 16.9. The van der Waals surface area contributed by atoms with Gasteiger partial charge in [-0.05, 0) is 6.42 Å². The number of imide groups is 1. The minimum absolute atomic E-state index is 0.0360. The summed E-state index contributed by atoms with van der Waals surface area (Å²) in [5.74, 6) is 1.58. The van der Waals surface area contributed by atoms with Gasteiger partial charge in [-0.25, -0.2) is 4.98 Å². The van der Waals surface area contributed by atoms with Crippen LogP contribution in [0.2, 0.25) is 0 Å². The van der Waals surface area contributed by atoms with E-state index in [0.717, 1.165) is 50.7 Å². The molecule has 0 aliphatic carbocycles. The van der Waals surface area contributed by atoms with E-state index in [1.165, 1.54) is 11.2 Å². The summed E-state index contributed by atoms with van der Waals surface area (Å²) in [5.41, 5.74) is 1.01. The summed E-state index contributed by atoms with van der Waals surface area (Å²) in [6.45, 7) is 6.82. The highest BCUT2D eigenvalue weighted by Crippen LogP contribution is 2.19. The zero-order valence-corrected chi connectivity index (χ0v) is 15.0. The van der Waals surface area contributed by atoms with Crippen molar-refractivity contribution in [2.24, 2.45) is 0 Å². The molecule has 0 atom stereocenters. The smallest absolute Gasteiger partial charge is 0.254 e. The maximum atomic E-state index is 11.7. The van der Waals surface area contributed by atoms with E-state index in [4.69, 9.17) is 0 Å². The van der Waals surface area contributed by atoms with Crippen LogP contribution in [-0.4, -0.2) is 80.5 Å². The molecule has 4 heterocycles. The van der Waals surface area contributed by atoms with E-state index in [-0.39, 0.29) is 11.8 Å². The first-order valence-corrected chi connectivity index (χ1v) is 9.16. The molecule has 0 radical (unpaired) electrons. The fourth-order valence-electron chi connectivity index (χ4n) is 3.56. The lowest BCUT2D eigenvalue weighted by Gasteiger charge is -2.36. The van der Waals surface area contributed by atoms with Gasteiger partial charge in [-0.2, -0.15) is 14.6 Å². The van der Waals surface area contributed by atoms with Gasteiger partial charge in [-0.1, -0.05) is 6.92 Å². The van der Waals surface area contributed by atoms with E-state index in [0.29, 0.717) is 25.2 Å². The van der Waals surface area contributed by atoms with Crippen molar-refractivity contribution in [2.45, 2.75) is 26.2 Å². The Balaban J connectivity index is 1.39. The Hall–Kier alpha value is -2.55. The number of carbonyl (C=O) groups excluding carboxylic acids is 2. The van der Waals surface area contributed by atoms with Crippen molar-refractivity contribution < 1.29 is 9.59 Å². The van der Waals surface area contributed by atoms with Crippen LogP contribution in [0.1, 0.15) is 25.5 Å². The van der Waals surface area contributed by atoms with Crippen molar-refractivity contribution in [3.63, 3.8) is 0 Å². The number of aryl methyl sites for hydroxylation is 1. The predicted molar refractivity (Wildman–Crippen MR) is 94.8 cm³/mol. The minimum atomic E-state index is -0.0360. The van der Waals surface area contributed by atoms with Crippen molar-refractivity contribution in [3.05, 3.63) is 18.1 Å². The van der Waals surface area contributed by atoms with E-state index in [2.05, 4.69) is 37.9 Å². The number of fused-ring (bicyclic) bond motifs is 1. The number of likely N-dealkylation sites (tertiary alicyclic amines) is 1. The van der Waals surface area contributed by atoms with E-state index < -0.39 is 0 Å². The molecule has 0 unspecified atom stereocenters. The molecule has 2 aliphatic heterocycles. The molecule has 26 heavy (non-hydrogen) atoms. The van der Waals surface area contributed by atoms with Gasteiger partial charge >= 0.3 is 0 Å². The fraction of sp³-hybridized carbons (Fsp3) is 0.588. The van der Waals surface area contributed by atoms with Gasteiger partial charge in [0, 0.05) is 63.9 Å². The number of amides is 2.